The fourth-order valence-corrected chi connectivity index (χ4v) is 5.56. The van der Waals surface area contributed by atoms with Crippen LogP contribution < -0.4 is 4.74 Å². The van der Waals surface area contributed by atoms with Crippen molar-refractivity contribution in [2.24, 2.45) is 0 Å². The number of piperidine rings is 1. The molecule has 1 saturated heterocycles. The molecule has 3 atom stereocenters. The van der Waals surface area contributed by atoms with E-state index in [1.54, 1.807) is 6.07 Å². The van der Waals surface area contributed by atoms with E-state index in [4.69, 9.17) is 4.74 Å². The van der Waals surface area contributed by atoms with Crippen LogP contribution in [0.15, 0.2) is 24.8 Å². The van der Waals surface area contributed by atoms with E-state index < -0.39 is 11.0 Å². The van der Waals surface area contributed by atoms with E-state index in [2.05, 4.69) is 11.5 Å². The highest BCUT2D eigenvalue weighted by atomic mass is 16.5. The van der Waals surface area contributed by atoms with Gasteiger partial charge in [0.15, 0.2) is 11.5 Å². The van der Waals surface area contributed by atoms with Crippen molar-refractivity contribution in [2.45, 2.75) is 49.2 Å². The number of phenolic OH excluding ortho intramolecular Hbond substituents is 1. The molecule has 1 aliphatic heterocycles. The second-order valence-electron chi connectivity index (χ2n) is 7.63. The Morgan fingerprint density at radius 1 is 1.44 bits per heavy atom. The van der Waals surface area contributed by atoms with Gasteiger partial charge in [0.05, 0.1) is 12.7 Å². The Kier molecular flexibility index (Phi) is 3.71. The van der Waals surface area contributed by atoms with Crippen molar-refractivity contribution in [3.8, 4) is 11.5 Å². The number of hydrogen-bond donors (Lipinski definition) is 2. The highest BCUT2D eigenvalue weighted by molar-refractivity contribution is 5.83. The minimum absolute atomic E-state index is 0.0471. The normalized spacial score (nSPS) is 34.2. The number of methoxy groups -OCH3 is 1. The van der Waals surface area contributed by atoms with Crippen LogP contribution in [-0.2, 0) is 16.6 Å². The summed E-state index contributed by atoms with van der Waals surface area (Å²) >= 11 is 0. The van der Waals surface area contributed by atoms with E-state index >= 15 is 0 Å². The Labute approximate surface area is 147 Å². The number of ketones is 1. The monoisotopic (exact) mass is 343 g/mol. The highest BCUT2D eigenvalue weighted by Gasteiger charge is 2.65. The predicted molar refractivity (Wildman–Crippen MR) is 94.0 cm³/mol. The molecule has 1 aromatic rings. The molecule has 0 amide bonds. The quantitative estimate of drug-likeness (QED) is 0.821. The Bertz CT molecular complexity index is 745. The van der Waals surface area contributed by atoms with Gasteiger partial charge < -0.3 is 14.9 Å². The Morgan fingerprint density at radius 3 is 2.96 bits per heavy atom. The highest BCUT2D eigenvalue weighted by Crippen LogP contribution is 2.60. The molecule has 0 radical (unpaired) electrons. The van der Waals surface area contributed by atoms with Crippen LogP contribution in [0.2, 0.25) is 0 Å². The van der Waals surface area contributed by atoms with Crippen LogP contribution in [0.3, 0.4) is 0 Å². The second-order valence-corrected chi connectivity index (χ2v) is 7.63. The molecule has 2 fully saturated rings. The van der Waals surface area contributed by atoms with Gasteiger partial charge >= 0.3 is 0 Å². The smallest absolute Gasteiger partial charge is 0.164 e. The minimum atomic E-state index is -0.990. The number of fused-ring (bicyclic) bond motifs is 1. The topological polar surface area (TPSA) is 70.0 Å². The fourth-order valence-electron chi connectivity index (χ4n) is 5.56. The predicted octanol–water partition coefficient (Wildman–Crippen LogP) is 1.94. The van der Waals surface area contributed by atoms with E-state index in [9.17, 15) is 15.0 Å². The van der Waals surface area contributed by atoms with Gasteiger partial charge in [-0.1, -0.05) is 12.1 Å². The number of phenols is 1. The molecular formula is C20H25NO4. The molecule has 1 aromatic carbocycles. The Balaban J connectivity index is 1.97. The number of nitrogens with zero attached hydrogens (tertiary/aromatic N) is 1. The van der Waals surface area contributed by atoms with E-state index in [1.165, 1.54) is 7.11 Å². The molecule has 2 aliphatic carbocycles. The van der Waals surface area contributed by atoms with Gasteiger partial charge in [0.25, 0.3) is 0 Å². The van der Waals surface area contributed by atoms with Crippen LogP contribution in [0.4, 0.5) is 0 Å². The molecule has 3 aliphatic rings. The summed E-state index contributed by atoms with van der Waals surface area (Å²) in [5.74, 6) is 0.669. The number of likely N-dealkylation sites (tertiary alicyclic amines) is 1. The average molecular weight is 343 g/mol. The first-order chi connectivity index (χ1) is 12.0. The van der Waals surface area contributed by atoms with Crippen LogP contribution in [0, 0.1) is 0 Å². The number of rotatable bonds is 3. The molecule has 0 aromatic heterocycles. The maximum Gasteiger partial charge on any atom is 0.164 e. The van der Waals surface area contributed by atoms with Gasteiger partial charge in [-0.05, 0) is 37.4 Å². The standard InChI is InChI=1S/C20H25NO4/c1-3-9-21-10-8-19-12-14(22)6-7-20(19,24)16(21)11-13-4-5-15(23)18(25-2)17(13)19/h3-5,16,23-24H,1,6-12H2,2H3/t16-,19-,20-/m1/s1. The van der Waals surface area contributed by atoms with Crippen molar-refractivity contribution in [1.82, 2.24) is 4.90 Å². The van der Waals surface area contributed by atoms with Crippen molar-refractivity contribution in [1.29, 1.82) is 0 Å². The van der Waals surface area contributed by atoms with Crippen LogP contribution in [-0.4, -0.2) is 52.7 Å². The number of carbonyl (C=O) groups excluding carboxylic acids is 1. The average Bonchev–Trinajstić information content (AvgIpc) is 2.58. The Morgan fingerprint density at radius 2 is 2.24 bits per heavy atom. The molecular weight excluding hydrogens is 318 g/mol. The first-order valence-corrected chi connectivity index (χ1v) is 8.95. The number of aromatic hydroxyl groups is 1. The molecule has 5 nitrogen and oxygen atoms in total. The second kappa shape index (κ2) is 5.58. The summed E-state index contributed by atoms with van der Waals surface area (Å²) in [6.45, 7) is 5.37. The van der Waals surface area contributed by atoms with E-state index in [1.807, 2.05) is 12.1 Å². The number of carbonyl (C=O) groups is 1. The SMILES string of the molecule is C=CCN1CC[C@]23CC(=O)CC[C@@]2(O)[C@H]1Cc1ccc(O)c(OC)c13. The van der Waals surface area contributed by atoms with Gasteiger partial charge in [0.1, 0.15) is 5.78 Å². The van der Waals surface area contributed by atoms with Crippen LogP contribution in [0.25, 0.3) is 0 Å². The zero-order chi connectivity index (χ0) is 17.8. The summed E-state index contributed by atoms with van der Waals surface area (Å²) in [6.07, 6.45) is 4.42. The third-order valence-electron chi connectivity index (χ3n) is 6.61. The van der Waals surface area contributed by atoms with Crippen molar-refractivity contribution >= 4 is 5.78 Å². The molecule has 2 N–H and O–H groups in total. The lowest BCUT2D eigenvalue weighted by molar-refractivity contribution is -0.171. The third-order valence-corrected chi connectivity index (χ3v) is 6.61. The van der Waals surface area contributed by atoms with Gasteiger partial charge in [-0.15, -0.1) is 6.58 Å². The summed E-state index contributed by atoms with van der Waals surface area (Å²) in [7, 11) is 1.54. The number of aliphatic hydroxyl groups is 1. The molecule has 1 heterocycles. The molecule has 2 bridgehead atoms. The first kappa shape index (κ1) is 16.6. The summed E-state index contributed by atoms with van der Waals surface area (Å²) in [5.41, 5.74) is 0.242. The van der Waals surface area contributed by atoms with Crippen molar-refractivity contribution < 1.29 is 19.7 Å². The third kappa shape index (κ3) is 2.06. The molecule has 0 spiro atoms. The molecule has 0 unspecified atom stereocenters. The van der Waals surface area contributed by atoms with Gasteiger partial charge in [-0.2, -0.15) is 0 Å². The zero-order valence-electron chi connectivity index (χ0n) is 14.6. The van der Waals surface area contributed by atoms with E-state index in [-0.39, 0.29) is 17.6 Å². The van der Waals surface area contributed by atoms with Crippen molar-refractivity contribution in [2.75, 3.05) is 20.2 Å². The molecule has 134 valence electrons. The molecule has 25 heavy (non-hydrogen) atoms. The summed E-state index contributed by atoms with van der Waals surface area (Å²) in [5, 5.41) is 22.2. The Hall–Kier alpha value is -1.85. The van der Waals surface area contributed by atoms with Gasteiger partial charge in [-0.3, -0.25) is 9.69 Å². The minimum Gasteiger partial charge on any atom is -0.504 e. The maximum atomic E-state index is 12.4. The lowest BCUT2D eigenvalue weighted by atomic mass is 9.49. The lowest BCUT2D eigenvalue weighted by Crippen LogP contribution is -2.73. The van der Waals surface area contributed by atoms with Crippen molar-refractivity contribution in [3.05, 3.63) is 35.9 Å². The number of hydrogen-bond acceptors (Lipinski definition) is 5. The summed E-state index contributed by atoms with van der Waals surface area (Å²) < 4.78 is 5.53. The number of Topliss-reactive ketones (excluding diaryl/α,β-unsaturated/α-hetero) is 1. The van der Waals surface area contributed by atoms with E-state index in [0.717, 1.165) is 24.2 Å². The molecule has 4 rings (SSSR count). The largest absolute Gasteiger partial charge is 0.504 e. The summed E-state index contributed by atoms with van der Waals surface area (Å²) in [4.78, 5) is 14.7. The lowest BCUT2D eigenvalue weighted by Gasteiger charge is -2.63. The van der Waals surface area contributed by atoms with Gasteiger partial charge in [0.2, 0.25) is 0 Å². The van der Waals surface area contributed by atoms with Crippen molar-refractivity contribution in [3.63, 3.8) is 0 Å². The van der Waals surface area contributed by atoms with E-state index in [0.29, 0.717) is 37.9 Å². The molecule has 1 saturated carbocycles. The number of ether oxygens (including phenoxy) is 1. The van der Waals surface area contributed by atoms with Crippen LogP contribution >= 0.6 is 0 Å². The first-order valence-electron chi connectivity index (χ1n) is 8.95. The zero-order valence-corrected chi connectivity index (χ0v) is 14.6. The maximum absolute atomic E-state index is 12.4. The van der Waals surface area contributed by atoms with Gasteiger partial charge in [-0.25, -0.2) is 0 Å². The van der Waals surface area contributed by atoms with Crippen LogP contribution in [0.5, 0.6) is 11.5 Å². The number of benzene rings is 1. The fraction of sp³-hybridized carbons (Fsp3) is 0.550. The summed E-state index contributed by atoms with van der Waals surface area (Å²) in [6, 6.07) is 3.52. The van der Waals surface area contributed by atoms with Crippen LogP contribution in [0.1, 0.15) is 36.8 Å². The molecule has 5 heteroatoms. The van der Waals surface area contributed by atoms with Gasteiger partial charge in [0, 0.05) is 36.4 Å².